The molecule has 1 heterocycles. The van der Waals surface area contributed by atoms with Crippen LogP contribution in [0.25, 0.3) is 0 Å². The number of hydrogen-bond donors (Lipinski definition) is 2. The van der Waals surface area contributed by atoms with Gasteiger partial charge >= 0.3 is 0 Å². The first kappa shape index (κ1) is 21.4. The van der Waals surface area contributed by atoms with Crippen LogP contribution in [0.4, 0.5) is 5.69 Å². The Bertz CT molecular complexity index is 1010. The molecule has 1 atom stereocenters. The molecule has 9 heteroatoms. The van der Waals surface area contributed by atoms with E-state index in [1.165, 1.54) is 11.8 Å². The number of nitrogens with one attached hydrogen (secondary N) is 1. The van der Waals surface area contributed by atoms with Gasteiger partial charge in [0.25, 0.3) is 0 Å². The third kappa shape index (κ3) is 5.38. The standard InChI is InChI=1S/C21H23N5O3S/c1-3-26-20(14(2)29-17-7-5-4-6-8-17)24-25-21(26)30-13-18(27)23-16-11-9-15(10-12-16)19(22)28/h4-12,14H,3,13H2,1-2H3,(H2,22,28)(H,23,27). The molecule has 0 saturated carbocycles. The highest BCUT2D eigenvalue weighted by molar-refractivity contribution is 7.99. The molecule has 0 aliphatic heterocycles. The van der Waals surface area contributed by atoms with E-state index in [1.54, 1.807) is 24.3 Å². The Labute approximate surface area is 178 Å². The SMILES string of the molecule is CCn1c(SCC(=O)Nc2ccc(C(N)=O)cc2)nnc1C(C)Oc1ccccc1. The van der Waals surface area contributed by atoms with Gasteiger partial charge in [-0.05, 0) is 50.2 Å². The largest absolute Gasteiger partial charge is 0.483 e. The zero-order valence-electron chi connectivity index (χ0n) is 16.7. The van der Waals surface area contributed by atoms with E-state index in [0.29, 0.717) is 28.8 Å². The lowest BCUT2D eigenvalue weighted by molar-refractivity contribution is -0.113. The van der Waals surface area contributed by atoms with Crippen LogP contribution >= 0.6 is 11.8 Å². The number of carbonyl (C=O) groups excluding carboxylic acids is 2. The molecule has 0 aliphatic carbocycles. The highest BCUT2D eigenvalue weighted by atomic mass is 32.2. The number of hydrogen-bond acceptors (Lipinski definition) is 6. The van der Waals surface area contributed by atoms with Crippen molar-refractivity contribution in [3.8, 4) is 5.75 Å². The van der Waals surface area contributed by atoms with Gasteiger partial charge in [0, 0.05) is 17.8 Å². The fourth-order valence-electron chi connectivity index (χ4n) is 2.81. The van der Waals surface area contributed by atoms with Crippen molar-refractivity contribution in [2.75, 3.05) is 11.1 Å². The number of para-hydroxylation sites is 1. The number of anilines is 1. The van der Waals surface area contributed by atoms with Gasteiger partial charge in [-0.3, -0.25) is 9.59 Å². The van der Waals surface area contributed by atoms with E-state index in [2.05, 4.69) is 15.5 Å². The van der Waals surface area contributed by atoms with Gasteiger partial charge < -0.3 is 20.4 Å². The highest BCUT2D eigenvalue weighted by Crippen LogP contribution is 2.24. The third-order valence-electron chi connectivity index (χ3n) is 4.27. The molecular weight excluding hydrogens is 402 g/mol. The Morgan fingerprint density at radius 3 is 2.47 bits per heavy atom. The van der Waals surface area contributed by atoms with E-state index < -0.39 is 5.91 Å². The zero-order chi connectivity index (χ0) is 21.5. The van der Waals surface area contributed by atoms with Crippen LogP contribution in [0.1, 0.15) is 36.1 Å². The lowest BCUT2D eigenvalue weighted by atomic mass is 10.2. The molecule has 3 N–H and O–H groups in total. The maximum atomic E-state index is 12.3. The van der Waals surface area contributed by atoms with E-state index in [-0.39, 0.29) is 17.8 Å². The Morgan fingerprint density at radius 2 is 1.83 bits per heavy atom. The maximum absolute atomic E-state index is 12.3. The number of carbonyl (C=O) groups is 2. The van der Waals surface area contributed by atoms with Crippen LogP contribution in [0.15, 0.2) is 59.8 Å². The van der Waals surface area contributed by atoms with Crippen LogP contribution < -0.4 is 15.8 Å². The Balaban J connectivity index is 1.60. The Kier molecular flexibility index (Phi) is 7.08. The van der Waals surface area contributed by atoms with E-state index in [4.69, 9.17) is 10.5 Å². The number of rotatable bonds is 9. The van der Waals surface area contributed by atoms with E-state index in [9.17, 15) is 9.59 Å². The Morgan fingerprint density at radius 1 is 1.13 bits per heavy atom. The molecule has 0 saturated heterocycles. The predicted molar refractivity (Wildman–Crippen MR) is 115 cm³/mol. The number of aromatic nitrogens is 3. The summed E-state index contributed by atoms with van der Waals surface area (Å²) in [5.41, 5.74) is 6.19. The van der Waals surface area contributed by atoms with Crippen LogP contribution in [0, 0.1) is 0 Å². The van der Waals surface area contributed by atoms with Crippen LogP contribution in [0.5, 0.6) is 5.75 Å². The summed E-state index contributed by atoms with van der Waals surface area (Å²) in [7, 11) is 0. The first-order chi connectivity index (χ1) is 14.5. The van der Waals surface area contributed by atoms with Gasteiger partial charge in [0.2, 0.25) is 11.8 Å². The number of ether oxygens (including phenoxy) is 1. The molecule has 1 unspecified atom stereocenters. The summed E-state index contributed by atoms with van der Waals surface area (Å²) in [6, 6.07) is 15.9. The predicted octanol–water partition coefficient (Wildman–Crippen LogP) is 3.27. The van der Waals surface area contributed by atoms with Crippen molar-refractivity contribution in [2.45, 2.75) is 31.7 Å². The molecule has 0 fully saturated rings. The van der Waals surface area contributed by atoms with Gasteiger partial charge in [-0.15, -0.1) is 10.2 Å². The van der Waals surface area contributed by atoms with Gasteiger partial charge in [-0.1, -0.05) is 30.0 Å². The molecule has 0 aliphatic rings. The zero-order valence-corrected chi connectivity index (χ0v) is 17.6. The Hall–Kier alpha value is -3.33. The van der Waals surface area contributed by atoms with Gasteiger partial charge in [0.05, 0.1) is 5.75 Å². The molecule has 156 valence electrons. The quantitative estimate of drug-likeness (QED) is 0.509. The van der Waals surface area contributed by atoms with Gasteiger partial charge in [-0.25, -0.2) is 0 Å². The van der Waals surface area contributed by atoms with Crippen LogP contribution in [-0.4, -0.2) is 32.3 Å². The van der Waals surface area contributed by atoms with Crippen LogP contribution in [0.2, 0.25) is 0 Å². The summed E-state index contributed by atoms with van der Waals surface area (Å²) < 4.78 is 7.88. The van der Waals surface area contributed by atoms with Crippen molar-refractivity contribution in [2.24, 2.45) is 5.73 Å². The number of benzene rings is 2. The molecule has 30 heavy (non-hydrogen) atoms. The molecule has 2 amide bonds. The molecule has 0 spiro atoms. The second-order valence-electron chi connectivity index (χ2n) is 6.44. The van der Waals surface area contributed by atoms with Gasteiger partial charge in [0.15, 0.2) is 17.1 Å². The van der Waals surface area contributed by atoms with E-state index in [0.717, 1.165) is 5.75 Å². The lowest BCUT2D eigenvalue weighted by Crippen LogP contribution is -2.16. The molecule has 0 radical (unpaired) electrons. The highest BCUT2D eigenvalue weighted by Gasteiger charge is 2.19. The second-order valence-corrected chi connectivity index (χ2v) is 7.38. The van der Waals surface area contributed by atoms with Crippen molar-refractivity contribution < 1.29 is 14.3 Å². The third-order valence-corrected chi connectivity index (χ3v) is 5.23. The fourth-order valence-corrected chi connectivity index (χ4v) is 3.62. The molecule has 2 aromatic carbocycles. The normalized spacial score (nSPS) is 11.7. The summed E-state index contributed by atoms with van der Waals surface area (Å²) in [5, 5.41) is 11.9. The minimum atomic E-state index is -0.511. The average Bonchev–Trinajstić information content (AvgIpc) is 3.16. The molecule has 1 aromatic heterocycles. The smallest absolute Gasteiger partial charge is 0.248 e. The molecule has 3 rings (SSSR count). The van der Waals surface area contributed by atoms with E-state index in [1.807, 2.05) is 48.7 Å². The fraction of sp³-hybridized carbons (Fsp3) is 0.238. The number of nitrogens with zero attached hydrogens (tertiary/aromatic N) is 3. The van der Waals surface area contributed by atoms with Crippen LogP contribution in [0.3, 0.4) is 0 Å². The number of thioether (sulfide) groups is 1. The van der Waals surface area contributed by atoms with Gasteiger partial charge in [-0.2, -0.15) is 0 Å². The number of primary amides is 1. The van der Waals surface area contributed by atoms with Crippen molar-refractivity contribution >= 4 is 29.3 Å². The first-order valence-electron chi connectivity index (χ1n) is 9.45. The monoisotopic (exact) mass is 425 g/mol. The summed E-state index contributed by atoms with van der Waals surface area (Å²) in [4.78, 5) is 23.4. The summed E-state index contributed by atoms with van der Waals surface area (Å²) >= 11 is 1.30. The van der Waals surface area contributed by atoms with Crippen LogP contribution in [-0.2, 0) is 11.3 Å². The number of amides is 2. The summed E-state index contributed by atoms with van der Waals surface area (Å²) in [6.07, 6.45) is -0.285. The first-order valence-corrected chi connectivity index (χ1v) is 10.4. The number of nitrogens with two attached hydrogens (primary N) is 1. The topological polar surface area (TPSA) is 112 Å². The molecule has 3 aromatic rings. The average molecular weight is 426 g/mol. The van der Waals surface area contributed by atoms with E-state index >= 15 is 0 Å². The molecule has 8 nitrogen and oxygen atoms in total. The molecular formula is C21H23N5O3S. The van der Waals surface area contributed by atoms with Crippen molar-refractivity contribution in [1.82, 2.24) is 14.8 Å². The van der Waals surface area contributed by atoms with Crippen molar-refractivity contribution in [3.63, 3.8) is 0 Å². The minimum Gasteiger partial charge on any atom is -0.483 e. The van der Waals surface area contributed by atoms with Crippen molar-refractivity contribution in [1.29, 1.82) is 0 Å². The summed E-state index contributed by atoms with van der Waals surface area (Å²) in [5.74, 6) is 0.929. The van der Waals surface area contributed by atoms with Gasteiger partial charge in [0.1, 0.15) is 5.75 Å². The van der Waals surface area contributed by atoms with Crippen molar-refractivity contribution in [3.05, 3.63) is 66.0 Å². The minimum absolute atomic E-state index is 0.170. The lowest BCUT2D eigenvalue weighted by Gasteiger charge is -2.15. The maximum Gasteiger partial charge on any atom is 0.248 e. The molecule has 0 bridgehead atoms. The second kappa shape index (κ2) is 9.93. The summed E-state index contributed by atoms with van der Waals surface area (Å²) in [6.45, 7) is 4.57.